The van der Waals surface area contributed by atoms with Crippen LogP contribution < -0.4 is 4.74 Å². The number of hydrogen-bond donors (Lipinski definition) is 0. The fourth-order valence-electron chi connectivity index (χ4n) is 1.26. The van der Waals surface area contributed by atoms with Gasteiger partial charge in [-0.1, -0.05) is 6.58 Å². The molecule has 0 amide bonds. The molecule has 0 spiro atoms. The van der Waals surface area contributed by atoms with Crippen LogP contribution in [0.4, 0.5) is 22.0 Å². The van der Waals surface area contributed by atoms with Crippen LogP contribution in [0.3, 0.4) is 0 Å². The first-order valence-electron chi connectivity index (χ1n) is 5.37. The lowest BCUT2D eigenvalue weighted by Crippen LogP contribution is -2.08. The van der Waals surface area contributed by atoms with Crippen LogP contribution in [0.2, 0.25) is 0 Å². The van der Waals surface area contributed by atoms with Crippen LogP contribution in [0.1, 0.15) is 12.8 Å². The lowest BCUT2D eigenvalue weighted by molar-refractivity contribution is 0.216. The predicted molar refractivity (Wildman–Crippen MR) is 57.1 cm³/mol. The van der Waals surface area contributed by atoms with Crippen molar-refractivity contribution < 1.29 is 31.4 Å². The van der Waals surface area contributed by atoms with E-state index in [2.05, 4.69) is 11.3 Å². The Morgan fingerprint density at radius 3 is 1.79 bits per heavy atom. The molecule has 0 aromatic heterocycles. The summed E-state index contributed by atoms with van der Waals surface area (Å²) >= 11 is 0. The van der Waals surface area contributed by atoms with E-state index < -0.39 is 34.8 Å². The molecular weight excluding hydrogens is 271 g/mol. The Bertz CT molecular complexity index is 433. The van der Waals surface area contributed by atoms with Gasteiger partial charge in [-0.3, -0.25) is 0 Å². The second-order valence-corrected chi connectivity index (χ2v) is 3.49. The monoisotopic (exact) mass is 282 g/mol. The summed E-state index contributed by atoms with van der Waals surface area (Å²) in [5, 5.41) is 0. The normalized spacial score (nSPS) is 10.4. The first kappa shape index (κ1) is 15.3. The van der Waals surface area contributed by atoms with Gasteiger partial charge in [0.15, 0.2) is 5.75 Å². The molecule has 7 heteroatoms. The third-order valence-corrected chi connectivity index (χ3v) is 2.19. The highest BCUT2D eigenvalue weighted by molar-refractivity contribution is 5.29. The highest BCUT2D eigenvalue weighted by Gasteiger charge is 2.26. The van der Waals surface area contributed by atoms with Gasteiger partial charge in [0.1, 0.15) is 0 Å². The van der Waals surface area contributed by atoms with Crippen molar-refractivity contribution in [3.8, 4) is 5.75 Å². The van der Waals surface area contributed by atoms with Crippen LogP contribution in [0.15, 0.2) is 12.8 Å². The fraction of sp³-hybridized carbons (Fsp3) is 0.333. The van der Waals surface area contributed by atoms with Gasteiger partial charge in [-0.2, -0.15) is 8.78 Å². The molecule has 106 valence electrons. The van der Waals surface area contributed by atoms with E-state index in [-0.39, 0.29) is 6.61 Å². The van der Waals surface area contributed by atoms with Crippen LogP contribution in [-0.2, 0) is 4.74 Å². The maximum absolute atomic E-state index is 13.1. The third kappa shape index (κ3) is 3.59. The van der Waals surface area contributed by atoms with E-state index in [1.165, 1.54) is 6.26 Å². The van der Waals surface area contributed by atoms with Crippen molar-refractivity contribution in [1.82, 2.24) is 0 Å². The van der Waals surface area contributed by atoms with Crippen LogP contribution in [0.25, 0.3) is 0 Å². The number of rotatable bonds is 7. The summed E-state index contributed by atoms with van der Waals surface area (Å²) in [5.41, 5.74) is 0. The Balaban J connectivity index is 2.66. The first-order valence-corrected chi connectivity index (χ1v) is 5.37. The number of hydrogen-bond acceptors (Lipinski definition) is 2. The fourth-order valence-corrected chi connectivity index (χ4v) is 1.26. The summed E-state index contributed by atoms with van der Waals surface area (Å²) in [6.45, 7) is 3.43. The summed E-state index contributed by atoms with van der Waals surface area (Å²) in [7, 11) is 0. The van der Waals surface area contributed by atoms with Crippen molar-refractivity contribution in [2.24, 2.45) is 0 Å². The molecule has 0 bridgehead atoms. The molecule has 1 aromatic carbocycles. The van der Waals surface area contributed by atoms with Gasteiger partial charge >= 0.3 is 0 Å². The van der Waals surface area contributed by atoms with Gasteiger partial charge < -0.3 is 9.47 Å². The Hall–Kier alpha value is -1.79. The smallest absolute Gasteiger partial charge is 0.206 e. The zero-order valence-electron chi connectivity index (χ0n) is 9.82. The molecule has 0 unspecified atom stereocenters. The highest BCUT2D eigenvalue weighted by Crippen LogP contribution is 2.29. The summed E-state index contributed by atoms with van der Waals surface area (Å²) in [6, 6.07) is 0. The second-order valence-electron chi connectivity index (χ2n) is 3.49. The van der Waals surface area contributed by atoms with Crippen LogP contribution in [-0.4, -0.2) is 13.2 Å². The molecular formula is C12H11F5O2. The molecule has 0 aliphatic carbocycles. The van der Waals surface area contributed by atoms with Crippen molar-refractivity contribution in [3.05, 3.63) is 41.9 Å². The van der Waals surface area contributed by atoms with Gasteiger partial charge in [-0.05, 0) is 12.8 Å². The molecule has 1 rings (SSSR count). The number of halogens is 5. The summed E-state index contributed by atoms with van der Waals surface area (Å²) < 4.78 is 74.0. The van der Waals surface area contributed by atoms with Crippen molar-refractivity contribution in [1.29, 1.82) is 0 Å². The molecule has 0 heterocycles. The van der Waals surface area contributed by atoms with Gasteiger partial charge in [0.05, 0.1) is 19.5 Å². The lowest BCUT2D eigenvalue weighted by atomic mass is 10.2. The third-order valence-electron chi connectivity index (χ3n) is 2.19. The van der Waals surface area contributed by atoms with E-state index in [0.717, 1.165) is 0 Å². The minimum atomic E-state index is -2.21. The van der Waals surface area contributed by atoms with Gasteiger partial charge in [0.2, 0.25) is 29.1 Å². The summed E-state index contributed by atoms with van der Waals surface area (Å²) in [6.07, 6.45) is 2.04. The van der Waals surface area contributed by atoms with Crippen molar-refractivity contribution in [2.75, 3.05) is 13.2 Å². The quantitative estimate of drug-likeness (QED) is 0.249. The van der Waals surface area contributed by atoms with E-state index >= 15 is 0 Å². The second kappa shape index (κ2) is 6.96. The Morgan fingerprint density at radius 2 is 1.26 bits per heavy atom. The van der Waals surface area contributed by atoms with Crippen LogP contribution >= 0.6 is 0 Å². The molecule has 0 aliphatic rings. The average molecular weight is 282 g/mol. The topological polar surface area (TPSA) is 18.5 Å². The van der Waals surface area contributed by atoms with Crippen molar-refractivity contribution in [2.45, 2.75) is 12.8 Å². The lowest BCUT2D eigenvalue weighted by Gasteiger charge is -2.10. The van der Waals surface area contributed by atoms with Crippen LogP contribution in [0, 0.1) is 29.1 Å². The zero-order chi connectivity index (χ0) is 14.4. The molecule has 0 N–H and O–H groups in total. The van der Waals surface area contributed by atoms with Crippen molar-refractivity contribution in [3.63, 3.8) is 0 Å². The molecule has 0 radical (unpaired) electrons. The number of benzene rings is 1. The minimum absolute atomic E-state index is 0.196. The standard InChI is InChI=1S/C12H11F5O2/c1-2-18-5-3-4-6-19-12-10(16)8(14)7(13)9(15)11(12)17/h2H,1,3-6H2. The maximum atomic E-state index is 13.1. The van der Waals surface area contributed by atoms with E-state index in [9.17, 15) is 22.0 Å². The Labute approximate surface area is 106 Å². The maximum Gasteiger partial charge on any atom is 0.206 e. The number of ether oxygens (including phenoxy) is 2. The molecule has 0 aliphatic heterocycles. The van der Waals surface area contributed by atoms with Gasteiger partial charge in [-0.25, -0.2) is 13.2 Å². The summed E-state index contributed by atoms with van der Waals surface area (Å²) in [5.74, 6) is -11.5. The zero-order valence-corrected chi connectivity index (χ0v) is 9.82. The predicted octanol–water partition coefficient (Wildman–Crippen LogP) is 3.70. The highest BCUT2D eigenvalue weighted by atomic mass is 19.2. The van der Waals surface area contributed by atoms with Gasteiger partial charge in [0, 0.05) is 0 Å². The summed E-state index contributed by atoms with van der Waals surface area (Å²) in [4.78, 5) is 0. The Morgan fingerprint density at radius 1 is 0.789 bits per heavy atom. The van der Waals surface area contributed by atoms with E-state index in [1.807, 2.05) is 0 Å². The Kier molecular flexibility index (Phi) is 5.59. The van der Waals surface area contributed by atoms with Crippen LogP contribution in [0.5, 0.6) is 5.75 Å². The number of unbranched alkanes of at least 4 members (excludes halogenated alkanes) is 1. The minimum Gasteiger partial charge on any atom is -0.502 e. The average Bonchev–Trinajstić information content (AvgIpc) is 2.41. The van der Waals surface area contributed by atoms with E-state index in [4.69, 9.17) is 4.74 Å². The molecule has 0 saturated carbocycles. The SMILES string of the molecule is C=COCCCCOc1c(F)c(F)c(F)c(F)c1F. The molecule has 1 aromatic rings. The molecule has 19 heavy (non-hydrogen) atoms. The first-order chi connectivity index (χ1) is 9.00. The molecule has 0 fully saturated rings. The van der Waals surface area contributed by atoms with E-state index in [1.54, 1.807) is 0 Å². The molecule has 2 nitrogen and oxygen atoms in total. The molecule has 0 atom stereocenters. The molecule has 0 saturated heterocycles. The van der Waals surface area contributed by atoms with Gasteiger partial charge in [0.25, 0.3) is 0 Å². The van der Waals surface area contributed by atoms with Crippen molar-refractivity contribution >= 4 is 0 Å². The van der Waals surface area contributed by atoms with E-state index in [0.29, 0.717) is 19.4 Å². The largest absolute Gasteiger partial charge is 0.502 e. The van der Waals surface area contributed by atoms with Gasteiger partial charge in [-0.15, -0.1) is 0 Å².